The van der Waals surface area contributed by atoms with Crippen LogP contribution in [0.5, 0.6) is 5.95 Å². The van der Waals surface area contributed by atoms with Crippen molar-refractivity contribution in [3.8, 4) is 5.95 Å². The zero-order valence-corrected chi connectivity index (χ0v) is 16.9. The number of amides is 1. The summed E-state index contributed by atoms with van der Waals surface area (Å²) in [5, 5.41) is 14.6. The Hall–Kier alpha value is -2.82. The Bertz CT molecular complexity index is 911. The number of likely N-dealkylation sites (tertiary alicyclic amines) is 1. The number of carbonyl (C=O) groups is 1. The summed E-state index contributed by atoms with van der Waals surface area (Å²) in [4.78, 5) is 18.6. The van der Waals surface area contributed by atoms with Gasteiger partial charge in [-0.15, -0.1) is 0 Å². The van der Waals surface area contributed by atoms with Crippen LogP contribution in [0.15, 0.2) is 35.0 Å². The van der Waals surface area contributed by atoms with Crippen molar-refractivity contribution in [1.29, 1.82) is 0 Å². The van der Waals surface area contributed by atoms with E-state index in [0.29, 0.717) is 31.9 Å². The predicted octanol–water partition coefficient (Wildman–Crippen LogP) is 0.868. The van der Waals surface area contributed by atoms with Gasteiger partial charge in [0.25, 0.3) is 12.5 Å². The molecular weight excluding hydrogens is 415 g/mol. The average Bonchev–Trinajstić information content (AvgIpc) is 3.18. The zero-order valence-electron chi connectivity index (χ0n) is 16.9. The lowest BCUT2D eigenvalue weighted by molar-refractivity contribution is -0.751. The van der Waals surface area contributed by atoms with Crippen molar-refractivity contribution >= 4 is 11.6 Å². The number of aromatic nitrogens is 2. The summed E-state index contributed by atoms with van der Waals surface area (Å²) in [6.45, 7) is 3.91. The van der Waals surface area contributed by atoms with E-state index >= 15 is 0 Å². The molecule has 2 aliphatic rings. The minimum absolute atomic E-state index is 0.0399. The molecule has 0 N–H and O–H groups in total. The highest BCUT2D eigenvalue weighted by Crippen LogP contribution is 2.32. The molecule has 2 aromatic rings. The number of halogens is 3. The first-order valence-electron chi connectivity index (χ1n) is 10.3. The fraction of sp³-hybridized carbons (Fsp3) is 0.550. The molecule has 0 radical (unpaired) electrons. The van der Waals surface area contributed by atoms with Crippen LogP contribution in [0.1, 0.15) is 18.4 Å². The SMILES string of the molecule is O=C(C[n+]1cc([O-])on1)N1CCCC(N2CCN(c3cccc(C(F)(F)F)c3)CC2)C1. The molecule has 1 aromatic heterocycles. The Morgan fingerprint density at radius 3 is 2.68 bits per heavy atom. The average molecular weight is 439 g/mol. The fourth-order valence-electron chi connectivity index (χ4n) is 4.28. The summed E-state index contributed by atoms with van der Waals surface area (Å²) in [6.07, 6.45) is -1.36. The van der Waals surface area contributed by atoms with Crippen LogP contribution in [-0.4, -0.2) is 66.3 Å². The first kappa shape index (κ1) is 21.4. The van der Waals surface area contributed by atoms with Crippen LogP contribution >= 0.6 is 0 Å². The molecule has 1 atom stereocenters. The summed E-state index contributed by atoms with van der Waals surface area (Å²) >= 11 is 0. The number of alkyl halides is 3. The summed E-state index contributed by atoms with van der Waals surface area (Å²) in [5.41, 5.74) is -0.0553. The Morgan fingerprint density at radius 2 is 2.00 bits per heavy atom. The molecule has 0 aliphatic carbocycles. The van der Waals surface area contributed by atoms with Crippen LogP contribution in [0, 0.1) is 0 Å². The van der Waals surface area contributed by atoms with Gasteiger partial charge in [0.2, 0.25) is 6.20 Å². The number of hydrogen-bond acceptors (Lipinski definition) is 6. The predicted molar refractivity (Wildman–Crippen MR) is 101 cm³/mol. The van der Waals surface area contributed by atoms with Crippen molar-refractivity contribution in [2.24, 2.45) is 0 Å². The lowest BCUT2D eigenvalue weighted by atomic mass is 10.0. The number of rotatable bonds is 4. The van der Waals surface area contributed by atoms with Crippen LogP contribution in [0.4, 0.5) is 18.9 Å². The van der Waals surface area contributed by atoms with Gasteiger partial charge in [-0.25, -0.2) is 0 Å². The highest BCUT2D eigenvalue weighted by molar-refractivity contribution is 5.74. The first-order valence-corrected chi connectivity index (χ1v) is 10.3. The maximum atomic E-state index is 13.0. The molecule has 8 nitrogen and oxygen atoms in total. The van der Waals surface area contributed by atoms with Gasteiger partial charge in [0.1, 0.15) is 5.95 Å². The Labute approximate surface area is 177 Å². The number of nitrogens with zero attached hydrogens (tertiary/aromatic N) is 5. The van der Waals surface area contributed by atoms with Crippen LogP contribution in [0.3, 0.4) is 0 Å². The van der Waals surface area contributed by atoms with Gasteiger partial charge in [0.15, 0.2) is 0 Å². The minimum Gasteiger partial charge on any atom is -0.539 e. The molecule has 2 saturated heterocycles. The topological polar surface area (TPSA) is 79.8 Å². The minimum atomic E-state index is -4.35. The molecule has 1 aromatic carbocycles. The monoisotopic (exact) mass is 439 g/mol. The number of carbonyl (C=O) groups excluding carboxylic acids is 1. The lowest BCUT2D eigenvalue weighted by Gasteiger charge is -2.43. The third-order valence-electron chi connectivity index (χ3n) is 5.91. The largest absolute Gasteiger partial charge is 0.539 e. The highest BCUT2D eigenvalue weighted by atomic mass is 19.4. The molecule has 0 saturated carbocycles. The van der Waals surface area contributed by atoms with Crippen LogP contribution in [-0.2, 0) is 17.5 Å². The van der Waals surface area contributed by atoms with Gasteiger partial charge in [-0.2, -0.15) is 13.2 Å². The van der Waals surface area contributed by atoms with Crippen LogP contribution < -0.4 is 14.7 Å². The van der Waals surface area contributed by atoms with Gasteiger partial charge in [-0.3, -0.25) is 9.69 Å². The second-order valence-corrected chi connectivity index (χ2v) is 7.93. The normalized spacial score (nSPS) is 20.8. The Morgan fingerprint density at radius 1 is 1.23 bits per heavy atom. The smallest absolute Gasteiger partial charge is 0.416 e. The Balaban J connectivity index is 1.32. The van der Waals surface area contributed by atoms with Gasteiger partial charge in [-0.05, 0) is 31.0 Å². The van der Waals surface area contributed by atoms with Gasteiger partial charge in [-0.1, -0.05) is 10.7 Å². The number of benzene rings is 1. The van der Waals surface area contributed by atoms with E-state index in [-0.39, 0.29) is 18.5 Å². The molecule has 0 spiro atoms. The van der Waals surface area contributed by atoms with Crippen molar-refractivity contribution < 1.29 is 32.3 Å². The molecule has 4 rings (SSSR count). The zero-order chi connectivity index (χ0) is 22.0. The maximum absolute atomic E-state index is 13.0. The molecular formula is C20H24F3N5O3. The quantitative estimate of drug-likeness (QED) is 0.658. The van der Waals surface area contributed by atoms with E-state index in [1.807, 2.05) is 4.90 Å². The van der Waals surface area contributed by atoms with E-state index in [2.05, 4.69) is 14.7 Å². The van der Waals surface area contributed by atoms with Crippen molar-refractivity contribution in [2.45, 2.75) is 31.6 Å². The Kier molecular flexibility index (Phi) is 6.03. The van der Waals surface area contributed by atoms with Gasteiger partial charge in [0, 0.05) is 51.0 Å². The van der Waals surface area contributed by atoms with Gasteiger partial charge >= 0.3 is 6.18 Å². The molecule has 1 unspecified atom stereocenters. The van der Waals surface area contributed by atoms with E-state index in [1.165, 1.54) is 16.8 Å². The number of hydrogen-bond donors (Lipinski definition) is 0. The van der Waals surface area contributed by atoms with Gasteiger partial charge < -0.3 is 19.4 Å². The third-order valence-corrected chi connectivity index (χ3v) is 5.91. The van der Waals surface area contributed by atoms with Crippen molar-refractivity contribution in [3.05, 3.63) is 36.0 Å². The number of anilines is 1. The van der Waals surface area contributed by atoms with E-state index in [4.69, 9.17) is 0 Å². The number of piperidine rings is 1. The van der Waals surface area contributed by atoms with Crippen LogP contribution in [0.25, 0.3) is 0 Å². The van der Waals surface area contributed by atoms with Crippen LogP contribution in [0.2, 0.25) is 0 Å². The molecule has 3 heterocycles. The van der Waals surface area contributed by atoms with E-state index in [0.717, 1.165) is 38.2 Å². The van der Waals surface area contributed by atoms with E-state index in [1.54, 1.807) is 11.0 Å². The summed E-state index contributed by atoms with van der Waals surface area (Å²) in [7, 11) is 0. The molecule has 31 heavy (non-hydrogen) atoms. The maximum Gasteiger partial charge on any atom is 0.416 e. The fourth-order valence-corrected chi connectivity index (χ4v) is 4.28. The third kappa shape index (κ3) is 5.09. The second kappa shape index (κ2) is 8.74. The molecule has 168 valence electrons. The lowest BCUT2D eigenvalue weighted by Crippen LogP contribution is -2.57. The summed E-state index contributed by atoms with van der Waals surface area (Å²) in [5.74, 6) is -0.714. The standard InChI is InChI=1S/C20H24F3N5O3/c21-20(22,23)15-3-1-4-16(11-15)25-7-9-26(10-8-25)17-5-2-6-27(12-17)18(29)13-28-14-19(30)31-24-28/h1,3-4,11,14,17H,2,5-10,12-13H2. The van der Waals surface area contributed by atoms with Crippen molar-refractivity contribution in [1.82, 2.24) is 15.1 Å². The summed E-state index contributed by atoms with van der Waals surface area (Å²) < 4.78 is 44.6. The highest BCUT2D eigenvalue weighted by Gasteiger charge is 2.33. The van der Waals surface area contributed by atoms with E-state index in [9.17, 15) is 23.1 Å². The first-order chi connectivity index (χ1) is 14.8. The molecule has 2 aliphatic heterocycles. The summed E-state index contributed by atoms with van der Waals surface area (Å²) in [6, 6.07) is 5.64. The molecule has 2 fully saturated rings. The van der Waals surface area contributed by atoms with Gasteiger partial charge in [0.05, 0.1) is 10.8 Å². The molecule has 11 heteroatoms. The van der Waals surface area contributed by atoms with E-state index < -0.39 is 17.7 Å². The van der Waals surface area contributed by atoms with Crippen molar-refractivity contribution in [2.75, 3.05) is 44.2 Å². The number of piperazine rings is 1. The second-order valence-electron chi connectivity index (χ2n) is 7.93. The molecule has 0 bridgehead atoms. The van der Waals surface area contributed by atoms with Crippen molar-refractivity contribution in [3.63, 3.8) is 0 Å². The molecule has 1 amide bonds.